The van der Waals surface area contributed by atoms with E-state index in [0.717, 1.165) is 11.8 Å². The maximum Gasteiger partial charge on any atom is 0.213 e. The number of carbonyl (C=O) groups excluding carboxylic acids is 1. The molecule has 0 saturated carbocycles. The van der Waals surface area contributed by atoms with Crippen molar-refractivity contribution in [3.8, 4) is 5.88 Å². The van der Waals surface area contributed by atoms with Gasteiger partial charge in [-0.3, -0.25) is 4.79 Å². The molecule has 0 aliphatic heterocycles. The number of rotatable bonds is 4. The first-order valence-corrected chi connectivity index (χ1v) is 5.37. The van der Waals surface area contributed by atoms with E-state index in [9.17, 15) is 4.79 Å². The van der Waals surface area contributed by atoms with Gasteiger partial charge in [0, 0.05) is 17.8 Å². The molecule has 0 aliphatic rings. The normalized spacial score (nSPS) is 9.94. The number of aryl methyl sites for hydroxylation is 1. The van der Waals surface area contributed by atoms with Gasteiger partial charge in [-0.2, -0.15) is 0 Å². The molecule has 0 atom stereocenters. The Hall–Kier alpha value is -2.16. The summed E-state index contributed by atoms with van der Waals surface area (Å²) in [5, 5.41) is 0. The Bertz CT molecular complexity index is 489. The van der Waals surface area contributed by atoms with Crippen LogP contribution in [0.1, 0.15) is 21.5 Å². The summed E-state index contributed by atoms with van der Waals surface area (Å²) in [6.45, 7) is 2.53. The smallest absolute Gasteiger partial charge is 0.213 e. The zero-order valence-electron chi connectivity index (χ0n) is 9.59. The first-order chi connectivity index (χ1) is 8.28. The second-order valence-corrected chi connectivity index (χ2v) is 3.82. The fraction of sp³-hybridized carbons (Fsp3) is 0.143. The summed E-state index contributed by atoms with van der Waals surface area (Å²) in [5.74, 6) is 0.524. The maximum absolute atomic E-state index is 10.4. The molecule has 1 aromatic carbocycles. The van der Waals surface area contributed by atoms with Gasteiger partial charge in [0.15, 0.2) is 6.29 Å². The molecule has 0 radical (unpaired) electrons. The zero-order valence-corrected chi connectivity index (χ0v) is 9.59. The quantitative estimate of drug-likeness (QED) is 0.754. The first-order valence-electron chi connectivity index (χ1n) is 5.37. The van der Waals surface area contributed by atoms with Gasteiger partial charge in [0.05, 0.1) is 0 Å². The number of aromatic nitrogens is 1. The Kier molecular flexibility index (Phi) is 3.50. The molecule has 17 heavy (non-hydrogen) atoms. The van der Waals surface area contributed by atoms with E-state index in [2.05, 4.69) is 4.98 Å². The molecular weight excluding hydrogens is 214 g/mol. The number of ether oxygens (including phenoxy) is 1. The Labute approximate surface area is 100 Å². The van der Waals surface area contributed by atoms with Gasteiger partial charge in [0.25, 0.3) is 0 Å². The van der Waals surface area contributed by atoms with Crippen LogP contribution in [-0.2, 0) is 6.61 Å². The predicted octanol–water partition coefficient (Wildman–Crippen LogP) is 2.78. The monoisotopic (exact) mass is 227 g/mol. The lowest BCUT2D eigenvalue weighted by Crippen LogP contribution is -1.97. The third kappa shape index (κ3) is 3.14. The Morgan fingerprint density at radius 1 is 1.18 bits per heavy atom. The highest BCUT2D eigenvalue weighted by molar-refractivity contribution is 5.73. The molecule has 0 bridgehead atoms. The van der Waals surface area contributed by atoms with Crippen molar-refractivity contribution in [2.24, 2.45) is 0 Å². The van der Waals surface area contributed by atoms with Gasteiger partial charge in [-0.05, 0) is 18.6 Å². The van der Waals surface area contributed by atoms with Crippen LogP contribution >= 0.6 is 0 Å². The summed E-state index contributed by atoms with van der Waals surface area (Å²) < 4.78 is 5.50. The lowest BCUT2D eigenvalue weighted by Gasteiger charge is -2.05. The maximum atomic E-state index is 10.4. The van der Waals surface area contributed by atoms with E-state index in [4.69, 9.17) is 4.74 Å². The minimum absolute atomic E-state index is 0.480. The van der Waals surface area contributed by atoms with Crippen molar-refractivity contribution in [2.75, 3.05) is 0 Å². The Morgan fingerprint density at radius 3 is 2.53 bits per heavy atom. The molecule has 86 valence electrons. The third-order valence-corrected chi connectivity index (χ3v) is 2.40. The van der Waals surface area contributed by atoms with Crippen LogP contribution < -0.4 is 4.74 Å². The molecule has 0 amide bonds. The highest BCUT2D eigenvalue weighted by Crippen LogP contribution is 2.10. The van der Waals surface area contributed by atoms with Crippen LogP contribution in [0.15, 0.2) is 42.6 Å². The average molecular weight is 227 g/mol. The Morgan fingerprint density at radius 2 is 1.94 bits per heavy atom. The van der Waals surface area contributed by atoms with Crippen LogP contribution in [0.2, 0.25) is 0 Å². The largest absolute Gasteiger partial charge is 0.473 e. The molecule has 2 rings (SSSR count). The fourth-order valence-electron chi connectivity index (χ4n) is 1.39. The number of pyridine rings is 1. The summed E-state index contributed by atoms with van der Waals surface area (Å²) in [7, 11) is 0. The van der Waals surface area contributed by atoms with E-state index < -0.39 is 0 Å². The lowest BCUT2D eigenvalue weighted by atomic mass is 10.2. The van der Waals surface area contributed by atoms with E-state index in [-0.39, 0.29) is 0 Å². The van der Waals surface area contributed by atoms with Crippen molar-refractivity contribution >= 4 is 6.29 Å². The minimum atomic E-state index is 0.480. The van der Waals surface area contributed by atoms with Crippen LogP contribution in [0, 0.1) is 6.92 Å². The van der Waals surface area contributed by atoms with Crippen LogP contribution in [0.4, 0.5) is 0 Å². The second kappa shape index (κ2) is 5.25. The van der Waals surface area contributed by atoms with Crippen molar-refractivity contribution in [1.82, 2.24) is 4.98 Å². The molecule has 1 aromatic heterocycles. The zero-order chi connectivity index (χ0) is 12.1. The van der Waals surface area contributed by atoms with Crippen LogP contribution in [0.25, 0.3) is 0 Å². The lowest BCUT2D eigenvalue weighted by molar-refractivity contribution is 0.112. The summed E-state index contributed by atoms with van der Waals surface area (Å²) in [6.07, 6.45) is 2.26. The molecule has 0 aliphatic carbocycles. The van der Waals surface area contributed by atoms with Gasteiger partial charge in [-0.1, -0.05) is 29.8 Å². The summed E-state index contributed by atoms with van der Waals surface area (Å²) >= 11 is 0. The Balaban J connectivity index is 1.97. The van der Waals surface area contributed by atoms with Crippen LogP contribution in [0.5, 0.6) is 5.88 Å². The van der Waals surface area contributed by atoms with Crippen molar-refractivity contribution in [3.05, 3.63) is 59.3 Å². The molecule has 0 spiro atoms. The molecular formula is C14H13NO2. The molecule has 0 unspecified atom stereocenters. The number of nitrogens with zero attached hydrogens (tertiary/aromatic N) is 1. The molecule has 0 fully saturated rings. The summed E-state index contributed by atoms with van der Waals surface area (Å²) in [5.41, 5.74) is 2.87. The number of hydrogen-bond donors (Lipinski definition) is 0. The predicted molar refractivity (Wildman–Crippen MR) is 65.1 cm³/mol. The number of hydrogen-bond acceptors (Lipinski definition) is 3. The highest BCUT2D eigenvalue weighted by atomic mass is 16.5. The molecule has 0 N–H and O–H groups in total. The molecule has 3 heteroatoms. The van der Waals surface area contributed by atoms with Crippen molar-refractivity contribution in [1.29, 1.82) is 0 Å². The minimum Gasteiger partial charge on any atom is -0.473 e. The van der Waals surface area contributed by atoms with Crippen LogP contribution in [-0.4, -0.2) is 11.3 Å². The fourth-order valence-corrected chi connectivity index (χ4v) is 1.39. The van der Waals surface area contributed by atoms with Crippen LogP contribution in [0.3, 0.4) is 0 Å². The van der Waals surface area contributed by atoms with Crippen molar-refractivity contribution in [3.63, 3.8) is 0 Å². The van der Waals surface area contributed by atoms with E-state index in [1.54, 1.807) is 12.1 Å². The summed E-state index contributed by atoms with van der Waals surface area (Å²) in [4.78, 5) is 14.5. The standard InChI is InChI=1S/C14H13NO2/c1-11-2-4-12(5-3-11)10-17-14-7-6-13(9-16)8-15-14/h2-9H,10H2,1H3. The molecule has 3 nitrogen and oxygen atoms in total. The van der Waals surface area contributed by atoms with Crippen molar-refractivity contribution < 1.29 is 9.53 Å². The van der Waals surface area contributed by atoms with E-state index >= 15 is 0 Å². The first kappa shape index (κ1) is 11.3. The van der Waals surface area contributed by atoms with Crippen molar-refractivity contribution in [2.45, 2.75) is 13.5 Å². The van der Waals surface area contributed by atoms with Gasteiger partial charge in [0.2, 0.25) is 5.88 Å². The van der Waals surface area contributed by atoms with Gasteiger partial charge in [-0.25, -0.2) is 4.98 Å². The van der Waals surface area contributed by atoms with Gasteiger partial charge in [0.1, 0.15) is 6.61 Å². The number of benzene rings is 1. The van der Waals surface area contributed by atoms with E-state index in [0.29, 0.717) is 18.1 Å². The number of aldehydes is 1. The van der Waals surface area contributed by atoms with E-state index in [1.165, 1.54) is 11.8 Å². The highest BCUT2D eigenvalue weighted by Gasteiger charge is 1.97. The molecule has 0 saturated heterocycles. The van der Waals surface area contributed by atoms with Gasteiger partial charge < -0.3 is 4.74 Å². The molecule has 1 heterocycles. The van der Waals surface area contributed by atoms with Gasteiger partial charge >= 0.3 is 0 Å². The third-order valence-electron chi connectivity index (χ3n) is 2.40. The topological polar surface area (TPSA) is 39.2 Å². The SMILES string of the molecule is Cc1ccc(COc2ccc(C=O)cn2)cc1. The summed E-state index contributed by atoms with van der Waals surface area (Å²) in [6, 6.07) is 11.5. The average Bonchev–Trinajstić information content (AvgIpc) is 2.39. The second-order valence-electron chi connectivity index (χ2n) is 3.82. The number of carbonyl (C=O) groups is 1. The molecule has 2 aromatic rings. The van der Waals surface area contributed by atoms with E-state index in [1.807, 2.05) is 31.2 Å². The van der Waals surface area contributed by atoms with Gasteiger partial charge in [-0.15, -0.1) is 0 Å².